The van der Waals surface area contributed by atoms with E-state index in [-0.39, 0.29) is 0 Å². The van der Waals surface area contributed by atoms with Crippen molar-refractivity contribution < 1.29 is 0 Å². The topological polar surface area (TPSA) is 24.7 Å². The Kier molecular flexibility index (Phi) is 9.45. The van der Waals surface area contributed by atoms with Crippen LogP contribution in [0.15, 0.2) is 95.6 Å². The van der Waals surface area contributed by atoms with Crippen molar-refractivity contribution in [2.24, 2.45) is 9.98 Å². The lowest BCUT2D eigenvalue weighted by molar-refractivity contribution is 1.38. The number of hydrogen-bond acceptors (Lipinski definition) is 2. The van der Waals surface area contributed by atoms with Gasteiger partial charge in [-0.2, -0.15) is 0 Å². The first-order valence-electron chi connectivity index (χ1n) is 7.61. The number of hydrogen-bond donors (Lipinski definition) is 0. The summed E-state index contributed by atoms with van der Waals surface area (Å²) in [5.74, 6) is 0. The molecule has 1 aromatic carbocycles. The van der Waals surface area contributed by atoms with E-state index in [9.17, 15) is 0 Å². The second-order valence-corrected chi connectivity index (χ2v) is 4.77. The average Bonchev–Trinajstić information content (AvgIpc) is 2.58. The molecule has 118 valence electrons. The molecule has 0 atom stereocenters. The quantitative estimate of drug-likeness (QED) is 0.451. The summed E-state index contributed by atoms with van der Waals surface area (Å²) in [7, 11) is 1.77. The lowest BCUT2D eigenvalue weighted by Crippen LogP contribution is -1.85. The van der Waals surface area contributed by atoms with Crippen LogP contribution in [-0.2, 0) is 0 Å². The zero-order valence-corrected chi connectivity index (χ0v) is 13.9. The van der Waals surface area contributed by atoms with Crippen molar-refractivity contribution in [1.29, 1.82) is 0 Å². The Morgan fingerprint density at radius 3 is 2.61 bits per heavy atom. The van der Waals surface area contributed by atoms with Gasteiger partial charge in [0.15, 0.2) is 0 Å². The fraction of sp³-hybridized carbons (Fsp3) is 0.143. The minimum absolute atomic E-state index is 0.804. The number of benzene rings is 1. The molecule has 0 saturated heterocycles. The molecule has 0 N–H and O–H groups in total. The van der Waals surface area contributed by atoms with Crippen molar-refractivity contribution in [3.05, 3.63) is 91.2 Å². The van der Waals surface area contributed by atoms with Crippen LogP contribution in [0.2, 0.25) is 0 Å². The van der Waals surface area contributed by atoms with Gasteiger partial charge in [0.2, 0.25) is 0 Å². The largest absolute Gasteiger partial charge is 0.301 e. The van der Waals surface area contributed by atoms with Crippen molar-refractivity contribution in [1.82, 2.24) is 0 Å². The average molecular weight is 304 g/mol. The smallest absolute Gasteiger partial charge is 0.0372 e. The van der Waals surface area contributed by atoms with Crippen molar-refractivity contribution in [3.63, 3.8) is 0 Å². The second kappa shape index (κ2) is 11.9. The fourth-order valence-corrected chi connectivity index (χ4v) is 1.77. The summed E-state index contributed by atoms with van der Waals surface area (Å²) in [5.41, 5.74) is 3.24. The Hall–Kier alpha value is -2.74. The Balaban J connectivity index is 2.86. The van der Waals surface area contributed by atoms with Gasteiger partial charge in [0, 0.05) is 31.6 Å². The van der Waals surface area contributed by atoms with Gasteiger partial charge < -0.3 is 4.99 Å². The van der Waals surface area contributed by atoms with E-state index in [1.54, 1.807) is 13.1 Å². The first-order valence-corrected chi connectivity index (χ1v) is 7.61. The number of nitrogens with zero attached hydrogens (tertiary/aromatic N) is 2. The van der Waals surface area contributed by atoms with Crippen LogP contribution in [0.1, 0.15) is 18.9 Å². The highest BCUT2D eigenvalue weighted by molar-refractivity contribution is 5.95. The predicted molar refractivity (Wildman–Crippen MR) is 104 cm³/mol. The van der Waals surface area contributed by atoms with Gasteiger partial charge in [-0.15, -0.1) is 0 Å². The molecule has 1 aromatic rings. The summed E-state index contributed by atoms with van der Waals surface area (Å²) in [6.07, 6.45) is 18.2. The maximum atomic E-state index is 4.38. The molecular formula is C21H24N2. The van der Waals surface area contributed by atoms with Gasteiger partial charge in [-0.25, -0.2) is 0 Å². The molecule has 2 nitrogen and oxygen atoms in total. The second-order valence-electron chi connectivity index (χ2n) is 4.77. The lowest BCUT2D eigenvalue weighted by Gasteiger charge is -2.01. The van der Waals surface area contributed by atoms with Crippen molar-refractivity contribution in [2.75, 3.05) is 7.05 Å². The van der Waals surface area contributed by atoms with E-state index in [0.717, 1.165) is 17.7 Å². The Bertz CT molecular complexity index is 642. The van der Waals surface area contributed by atoms with E-state index >= 15 is 0 Å². The highest BCUT2D eigenvalue weighted by atomic mass is 14.7. The summed E-state index contributed by atoms with van der Waals surface area (Å²) in [4.78, 5) is 8.31. The van der Waals surface area contributed by atoms with Gasteiger partial charge >= 0.3 is 0 Å². The molecule has 0 spiro atoms. The predicted octanol–water partition coefficient (Wildman–Crippen LogP) is 5.43. The van der Waals surface area contributed by atoms with E-state index in [4.69, 9.17) is 0 Å². The van der Waals surface area contributed by atoms with Gasteiger partial charge in [-0.1, -0.05) is 73.4 Å². The molecule has 0 fully saturated rings. The van der Waals surface area contributed by atoms with E-state index in [2.05, 4.69) is 40.8 Å². The van der Waals surface area contributed by atoms with Crippen LogP contribution in [0.3, 0.4) is 0 Å². The molecule has 0 aromatic heterocycles. The van der Waals surface area contributed by atoms with E-state index in [0.29, 0.717) is 0 Å². The molecule has 0 aliphatic carbocycles. The molecule has 0 radical (unpaired) electrons. The maximum absolute atomic E-state index is 4.38. The van der Waals surface area contributed by atoms with Crippen molar-refractivity contribution >= 4 is 17.5 Å². The molecule has 0 amide bonds. The normalized spacial score (nSPS) is 13.8. The monoisotopic (exact) mass is 304 g/mol. The van der Waals surface area contributed by atoms with Gasteiger partial charge in [0.05, 0.1) is 0 Å². The van der Waals surface area contributed by atoms with Crippen LogP contribution in [0.25, 0.3) is 5.57 Å². The standard InChI is InChI=1S/C21H24N2/c1-4-5-7-12-21(20-13-8-6-9-14-20)16-15-19(2)23-18-11-10-17-22-3/h4-9,11-18H,1,10H2,2-3H3/b7-5+,16-15+,18-11+,21-12-,22-17-,23-19+. The van der Waals surface area contributed by atoms with E-state index in [1.807, 2.05) is 61.8 Å². The highest BCUT2D eigenvalue weighted by Gasteiger charge is 1.95. The van der Waals surface area contributed by atoms with Crippen LogP contribution >= 0.6 is 0 Å². The third-order valence-corrected chi connectivity index (χ3v) is 2.94. The summed E-state index contributed by atoms with van der Waals surface area (Å²) in [5, 5.41) is 0. The molecule has 0 aliphatic heterocycles. The Labute approximate surface area is 139 Å². The summed E-state index contributed by atoms with van der Waals surface area (Å²) in [6.45, 7) is 5.67. The lowest BCUT2D eigenvalue weighted by atomic mass is 10.0. The zero-order chi connectivity index (χ0) is 16.8. The minimum Gasteiger partial charge on any atom is -0.301 e. The number of rotatable bonds is 8. The first kappa shape index (κ1) is 18.3. The number of allylic oxidation sites excluding steroid dienone is 8. The van der Waals surface area contributed by atoms with Gasteiger partial charge in [-0.3, -0.25) is 4.99 Å². The van der Waals surface area contributed by atoms with Crippen LogP contribution in [0.5, 0.6) is 0 Å². The molecule has 1 rings (SSSR count). The molecule has 0 bridgehead atoms. The van der Waals surface area contributed by atoms with E-state index in [1.165, 1.54) is 5.56 Å². The molecule has 0 heterocycles. The van der Waals surface area contributed by atoms with E-state index < -0.39 is 0 Å². The maximum Gasteiger partial charge on any atom is 0.0372 e. The molecule has 0 saturated carbocycles. The summed E-state index contributed by atoms with van der Waals surface area (Å²) in [6, 6.07) is 10.3. The number of aliphatic imine (C=N–C) groups is 2. The van der Waals surface area contributed by atoms with Crippen LogP contribution in [0, 0.1) is 0 Å². The highest BCUT2D eigenvalue weighted by Crippen LogP contribution is 2.15. The Morgan fingerprint density at radius 1 is 1.13 bits per heavy atom. The van der Waals surface area contributed by atoms with Crippen LogP contribution in [0.4, 0.5) is 0 Å². The van der Waals surface area contributed by atoms with Crippen LogP contribution in [-0.4, -0.2) is 19.0 Å². The van der Waals surface area contributed by atoms with Crippen molar-refractivity contribution in [2.45, 2.75) is 13.3 Å². The summed E-state index contributed by atoms with van der Waals surface area (Å²) < 4.78 is 0. The third-order valence-electron chi connectivity index (χ3n) is 2.94. The molecule has 0 unspecified atom stereocenters. The third kappa shape index (κ3) is 8.32. The molecule has 0 aliphatic rings. The Morgan fingerprint density at radius 2 is 1.91 bits per heavy atom. The van der Waals surface area contributed by atoms with Crippen LogP contribution < -0.4 is 0 Å². The van der Waals surface area contributed by atoms with Gasteiger partial charge in [0.25, 0.3) is 0 Å². The van der Waals surface area contributed by atoms with Crippen molar-refractivity contribution in [3.8, 4) is 0 Å². The summed E-state index contributed by atoms with van der Waals surface area (Å²) >= 11 is 0. The zero-order valence-electron chi connectivity index (χ0n) is 13.9. The SMILES string of the molecule is C=C/C=C/C=C(/C=C/C(C)=N/C=C/C/C=N\C)c1ccccc1. The first-order chi connectivity index (χ1) is 11.3. The van der Waals surface area contributed by atoms with Gasteiger partial charge in [-0.05, 0) is 24.1 Å². The van der Waals surface area contributed by atoms with Gasteiger partial charge in [0.1, 0.15) is 0 Å². The molecule has 2 heteroatoms. The minimum atomic E-state index is 0.804. The molecule has 23 heavy (non-hydrogen) atoms. The molecular weight excluding hydrogens is 280 g/mol. The fourth-order valence-electron chi connectivity index (χ4n) is 1.77.